The number of hydrogen-bond acceptors (Lipinski definition) is 3. The summed E-state index contributed by atoms with van der Waals surface area (Å²) in [6.45, 7) is 3.64. The van der Waals surface area contributed by atoms with Crippen molar-refractivity contribution in [3.8, 4) is 5.75 Å². The molecule has 0 heterocycles. The zero-order chi connectivity index (χ0) is 13.5. The summed E-state index contributed by atoms with van der Waals surface area (Å²) in [4.78, 5) is 11.3. The highest BCUT2D eigenvalue weighted by Gasteiger charge is 2.07. The SMILES string of the molecule is CC(C)NC(=O)CCOc1ccc(CO)cc1F. The van der Waals surface area contributed by atoms with Crippen molar-refractivity contribution in [1.82, 2.24) is 5.32 Å². The summed E-state index contributed by atoms with van der Waals surface area (Å²) in [7, 11) is 0. The Morgan fingerprint density at radius 3 is 2.78 bits per heavy atom. The highest BCUT2D eigenvalue weighted by atomic mass is 19.1. The predicted molar refractivity (Wildman–Crippen MR) is 65.7 cm³/mol. The molecule has 2 N–H and O–H groups in total. The summed E-state index contributed by atoms with van der Waals surface area (Å²) in [5.74, 6) is -0.576. The Bertz CT molecular complexity index is 407. The van der Waals surface area contributed by atoms with Crippen LogP contribution in [-0.2, 0) is 11.4 Å². The molecule has 1 amide bonds. The fourth-order valence-electron chi connectivity index (χ4n) is 1.41. The maximum atomic E-state index is 13.4. The number of hydrogen-bond donors (Lipinski definition) is 2. The summed E-state index contributed by atoms with van der Waals surface area (Å²) in [6.07, 6.45) is 0.180. The van der Waals surface area contributed by atoms with Crippen molar-refractivity contribution >= 4 is 5.91 Å². The van der Waals surface area contributed by atoms with Crippen LogP contribution in [0.1, 0.15) is 25.8 Å². The van der Waals surface area contributed by atoms with Crippen LogP contribution in [-0.4, -0.2) is 23.7 Å². The quantitative estimate of drug-likeness (QED) is 0.812. The third-order valence-corrected chi connectivity index (χ3v) is 2.22. The fraction of sp³-hybridized carbons (Fsp3) is 0.462. The molecule has 4 nitrogen and oxygen atoms in total. The molecule has 0 aliphatic carbocycles. The van der Waals surface area contributed by atoms with E-state index in [4.69, 9.17) is 9.84 Å². The van der Waals surface area contributed by atoms with E-state index in [9.17, 15) is 9.18 Å². The topological polar surface area (TPSA) is 58.6 Å². The average Bonchev–Trinajstić information content (AvgIpc) is 2.30. The first-order valence-electron chi connectivity index (χ1n) is 5.84. The van der Waals surface area contributed by atoms with Crippen molar-refractivity contribution in [2.75, 3.05) is 6.61 Å². The Balaban J connectivity index is 2.42. The Labute approximate surface area is 106 Å². The predicted octanol–water partition coefficient (Wildman–Crippen LogP) is 1.61. The number of aliphatic hydroxyl groups is 1. The van der Waals surface area contributed by atoms with Crippen LogP contribution in [0, 0.1) is 5.82 Å². The lowest BCUT2D eigenvalue weighted by molar-refractivity contribution is -0.122. The van der Waals surface area contributed by atoms with Crippen molar-refractivity contribution in [1.29, 1.82) is 0 Å². The van der Waals surface area contributed by atoms with Crippen LogP contribution in [0.3, 0.4) is 0 Å². The largest absolute Gasteiger partial charge is 0.490 e. The standard InChI is InChI=1S/C13H18FNO3/c1-9(2)15-13(17)5-6-18-12-4-3-10(8-16)7-11(12)14/h3-4,7,9,16H,5-6,8H2,1-2H3,(H,15,17). The smallest absolute Gasteiger partial charge is 0.223 e. The van der Waals surface area contributed by atoms with Crippen LogP contribution in [0.5, 0.6) is 5.75 Å². The third-order valence-electron chi connectivity index (χ3n) is 2.22. The molecule has 1 aromatic carbocycles. The second-order valence-corrected chi connectivity index (χ2v) is 4.24. The number of carbonyl (C=O) groups excluding carboxylic acids is 1. The van der Waals surface area contributed by atoms with Gasteiger partial charge in [0.1, 0.15) is 0 Å². The first-order chi connectivity index (χ1) is 8.52. The monoisotopic (exact) mass is 255 g/mol. The Morgan fingerprint density at radius 1 is 1.50 bits per heavy atom. The van der Waals surface area contributed by atoms with Gasteiger partial charge in [-0.2, -0.15) is 0 Å². The number of benzene rings is 1. The second kappa shape index (κ2) is 6.96. The number of rotatable bonds is 6. The van der Waals surface area contributed by atoms with Crippen LogP contribution in [0.4, 0.5) is 4.39 Å². The van der Waals surface area contributed by atoms with E-state index in [2.05, 4.69) is 5.32 Å². The first kappa shape index (κ1) is 14.4. The van der Waals surface area contributed by atoms with E-state index in [1.165, 1.54) is 12.1 Å². The Morgan fingerprint density at radius 2 is 2.22 bits per heavy atom. The van der Waals surface area contributed by atoms with E-state index >= 15 is 0 Å². The Kier molecular flexibility index (Phi) is 5.58. The molecule has 0 spiro atoms. The minimum absolute atomic E-state index is 0.0815. The summed E-state index contributed by atoms with van der Waals surface area (Å²) < 4.78 is 18.6. The molecule has 0 radical (unpaired) electrons. The minimum Gasteiger partial charge on any atom is -0.490 e. The van der Waals surface area contributed by atoms with E-state index in [1.54, 1.807) is 6.07 Å². The van der Waals surface area contributed by atoms with Gasteiger partial charge in [-0.1, -0.05) is 6.07 Å². The minimum atomic E-state index is -0.536. The maximum Gasteiger partial charge on any atom is 0.223 e. The van der Waals surface area contributed by atoms with Crippen molar-refractivity contribution in [3.05, 3.63) is 29.6 Å². The lowest BCUT2D eigenvalue weighted by atomic mass is 10.2. The van der Waals surface area contributed by atoms with Gasteiger partial charge in [0.25, 0.3) is 0 Å². The molecule has 0 aliphatic heterocycles. The fourth-order valence-corrected chi connectivity index (χ4v) is 1.41. The van der Waals surface area contributed by atoms with Gasteiger partial charge in [0, 0.05) is 6.04 Å². The zero-order valence-corrected chi connectivity index (χ0v) is 10.6. The van der Waals surface area contributed by atoms with Gasteiger partial charge < -0.3 is 15.2 Å². The maximum absolute atomic E-state index is 13.4. The van der Waals surface area contributed by atoms with Crippen molar-refractivity contribution < 1.29 is 19.0 Å². The summed E-state index contributed by atoms with van der Waals surface area (Å²) in [6, 6.07) is 4.32. The number of aliphatic hydroxyl groups excluding tert-OH is 1. The molecule has 0 fully saturated rings. The molecule has 0 saturated carbocycles. The van der Waals surface area contributed by atoms with Gasteiger partial charge in [-0.05, 0) is 31.5 Å². The number of carbonyl (C=O) groups is 1. The van der Waals surface area contributed by atoms with E-state index in [1.807, 2.05) is 13.8 Å². The average molecular weight is 255 g/mol. The van der Waals surface area contributed by atoms with Crippen LogP contribution in [0.15, 0.2) is 18.2 Å². The molecule has 0 unspecified atom stereocenters. The molecule has 1 rings (SSSR count). The van der Waals surface area contributed by atoms with Crippen molar-refractivity contribution in [3.63, 3.8) is 0 Å². The molecule has 0 atom stereocenters. The molecule has 5 heteroatoms. The van der Waals surface area contributed by atoms with Gasteiger partial charge in [-0.15, -0.1) is 0 Å². The lowest BCUT2D eigenvalue weighted by Gasteiger charge is -2.10. The molecular formula is C13H18FNO3. The van der Waals surface area contributed by atoms with Crippen LogP contribution in [0.2, 0.25) is 0 Å². The van der Waals surface area contributed by atoms with Gasteiger partial charge in [0.05, 0.1) is 19.6 Å². The highest BCUT2D eigenvalue weighted by molar-refractivity contribution is 5.76. The molecule has 0 bridgehead atoms. The van der Waals surface area contributed by atoms with Gasteiger partial charge in [-0.3, -0.25) is 4.79 Å². The summed E-state index contributed by atoms with van der Waals surface area (Å²) in [5, 5.41) is 11.5. The van der Waals surface area contributed by atoms with Crippen LogP contribution in [0.25, 0.3) is 0 Å². The summed E-state index contributed by atoms with van der Waals surface area (Å²) in [5.41, 5.74) is 0.484. The van der Waals surface area contributed by atoms with E-state index in [0.29, 0.717) is 5.56 Å². The molecular weight excluding hydrogens is 237 g/mol. The lowest BCUT2D eigenvalue weighted by Crippen LogP contribution is -2.31. The molecule has 0 saturated heterocycles. The van der Waals surface area contributed by atoms with Gasteiger partial charge in [-0.25, -0.2) is 4.39 Å². The van der Waals surface area contributed by atoms with Crippen LogP contribution < -0.4 is 10.1 Å². The normalized spacial score (nSPS) is 10.5. The highest BCUT2D eigenvalue weighted by Crippen LogP contribution is 2.18. The number of ether oxygens (including phenoxy) is 1. The van der Waals surface area contributed by atoms with Crippen molar-refractivity contribution in [2.45, 2.75) is 32.9 Å². The molecule has 0 aromatic heterocycles. The van der Waals surface area contributed by atoms with E-state index in [-0.39, 0.29) is 37.3 Å². The van der Waals surface area contributed by atoms with E-state index in [0.717, 1.165) is 0 Å². The van der Waals surface area contributed by atoms with Crippen molar-refractivity contribution in [2.24, 2.45) is 0 Å². The Hall–Kier alpha value is -1.62. The molecule has 0 aliphatic rings. The third kappa shape index (κ3) is 4.71. The molecule has 18 heavy (non-hydrogen) atoms. The zero-order valence-electron chi connectivity index (χ0n) is 10.6. The van der Waals surface area contributed by atoms with E-state index < -0.39 is 5.82 Å². The van der Waals surface area contributed by atoms with Gasteiger partial charge in [0.2, 0.25) is 5.91 Å². The summed E-state index contributed by atoms with van der Waals surface area (Å²) >= 11 is 0. The van der Waals surface area contributed by atoms with Crippen LogP contribution >= 0.6 is 0 Å². The molecule has 100 valence electrons. The number of amides is 1. The molecule has 1 aromatic rings. The first-order valence-corrected chi connectivity index (χ1v) is 5.84. The number of nitrogens with one attached hydrogen (secondary N) is 1. The number of halogens is 1. The second-order valence-electron chi connectivity index (χ2n) is 4.24. The van der Waals surface area contributed by atoms with Gasteiger partial charge in [0.15, 0.2) is 11.6 Å². The van der Waals surface area contributed by atoms with Gasteiger partial charge >= 0.3 is 0 Å².